The van der Waals surface area contributed by atoms with Crippen LogP contribution in [-0.4, -0.2) is 41.6 Å². The fourth-order valence-corrected chi connectivity index (χ4v) is 1.65. The van der Waals surface area contributed by atoms with Gasteiger partial charge >= 0.3 is 0 Å². The molecule has 1 atom stereocenters. The highest BCUT2D eigenvalue weighted by Gasteiger charge is 2.12. The van der Waals surface area contributed by atoms with Gasteiger partial charge in [0.2, 0.25) is 0 Å². The summed E-state index contributed by atoms with van der Waals surface area (Å²) in [6.07, 6.45) is 3.24. The van der Waals surface area contributed by atoms with E-state index in [0.29, 0.717) is 11.4 Å². The summed E-state index contributed by atoms with van der Waals surface area (Å²) in [7, 11) is 4.03. The van der Waals surface area contributed by atoms with E-state index in [9.17, 15) is 4.79 Å². The van der Waals surface area contributed by atoms with Crippen molar-refractivity contribution in [2.24, 2.45) is 5.92 Å². The molecule has 0 amide bonds. The first-order chi connectivity index (χ1) is 7.54. The molecule has 16 heavy (non-hydrogen) atoms. The first-order valence-corrected chi connectivity index (χ1v) is 5.72. The summed E-state index contributed by atoms with van der Waals surface area (Å²) in [4.78, 5) is 12.7. The molecule has 0 aromatic carbocycles. The predicted octanol–water partition coefficient (Wildman–Crippen LogP) is 1.48. The number of aromatic nitrogens is 2. The van der Waals surface area contributed by atoms with Crippen LogP contribution in [0.15, 0.2) is 6.20 Å². The van der Waals surface area contributed by atoms with Gasteiger partial charge in [-0.05, 0) is 14.1 Å². The zero-order valence-electron chi connectivity index (χ0n) is 9.98. The Hall–Kier alpha value is -0.870. The van der Waals surface area contributed by atoms with Crippen molar-refractivity contribution >= 4 is 17.9 Å². The molecule has 90 valence electrons. The molecule has 0 radical (unpaired) electrons. The van der Waals surface area contributed by atoms with E-state index in [1.807, 2.05) is 25.7 Å². The third-order valence-electron chi connectivity index (χ3n) is 2.40. The molecule has 5 heteroatoms. The third kappa shape index (κ3) is 3.61. The van der Waals surface area contributed by atoms with Crippen molar-refractivity contribution in [1.29, 1.82) is 0 Å². The van der Waals surface area contributed by atoms with E-state index in [-0.39, 0.29) is 5.92 Å². The molecule has 1 unspecified atom stereocenters. The van der Waals surface area contributed by atoms with Gasteiger partial charge in [0.1, 0.15) is 6.29 Å². The molecule has 0 aliphatic heterocycles. The highest BCUT2D eigenvalue weighted by Crippen LogP contribution is 2.18. The zero-order chi connectivity index (χ0) is 12.1. The van der Waals surface area contributed by atoms with Crippen LogP contribution < -0.4 is 0 Å². The molecular formula is C11H18ClN3O. The van der Waals surface area contributed by atoms with Gasteiger partial charge in [-0.15, -0.1) is 0 Å². The second-order valence-electron chi connectivity index (χ2n) is 4.28. The maximum atomic E-state index is 10.6. The van der Waals surface area contributed by atoms with Gasteiger partial charge in [-0.2, -0.15) is 5.10 Å². The maximum absolute atomic E-state index is 10.6. The maximum Gasteiger partial charge on any atom is 0.123 e. The Labute approximate surface area is 101 Å². The number of rotatable bonds is 6. The lowest BCUT2D eigenvalue weighted by Crippen LogP contribution is -2.20. The van der Waals surface area contributed by atoms with E-state index in [2.05, 4.69) is 10.00 Å². The van der Waals surface area contributed by atoms with Crippen molar-refractivity contribution in [3.8, 4) is 0 Å². The van der Waals surface area contributed by atoms with Gasteiger partial charge in [-0.25, -0.2) is 0 Å². The molecule has 0 saturated carbocycles. The number of likely N-dealkylation sites (N-methyl/N-ethyl adjacent to an activating group) is 1. The first-order valence-electron chi connectivity index (χ1n) is 5.34. The topological polar surface area (TPSA) is 38.1 Å². The van der Waals surface area contributed by atoms with Crippen LogP contribution in [0.4, 0.5) is 0 Å². The minimum atomic E-state index is -0.0210. The predicted molar refractivity (Wildman–Crippen MR) is 64.7 cm³/mol. The monoisotopic (exact) mass is 243 g/mol. The van der Waals surface area contributed by atoms with Crippen LogP contribution >= 0.6 is 11.6 Å². The number of hydrogen-bond donors (Lipinski definition) is 0. The van der Waals surface area contributed by atoms with Crippen molar-refractivity contribution in [3.63, 3.8) is 0 Å². The van der Waals surface area contributed by atoms with Gasteiger partial charge in [0.15, 0.2) is 0 Å². The molecule has 1 rings (SSSR count). The molecule has 0 saturated heterocycles. The Kier molecular flexibility index (Phi) is 4.96. The van der Waals surface area contributed by atoms with Crippen LogP contribution in [0.5, 0.6) is 0 Å². The second kappa shape index (κ2) is 6.01. The fraction of sp³-hybridized carbons (Fsp3) is 0.636. The highest BCUT2D eigenvalue weighted by atomic mass is 35.5. The van der Waals surface area contributed by atoms with E-state index in [0.717, 1.165) is 25.1 Å². The lowest BCUT2D eigenvalue weighted by atomic mass is 10.1. The number of hydrogen-bond acceptors (Lipinski definition) is 3. The van der Waals surface area contributed by atoms with Crippen molar-refractivity contribution in [1.82, 2.24) is 14.7 Å². The van der Waals surface area contributed by atoms with Gasteiger partial charge in [-0.1, -0.05) is 18.5 Å². The largest absolute Gasteiger partial charge is 0.308 e. The molecule has 4 nitrogen and oxygen atoms in total. The Morgan fingerprint density at radius 3 is 2.88 bits per heavy atom. The van der Waals surface area contributed by atoms with Crippen LogP contribution in [0, 0.1) is 5.92 Å². The van der Waals surface area contributed by atoms with Crippen LogP contribution in [0.3, 0.4) is 0 Å². The van der Waals surface area contributed by atoms with Gasteiger partial charge < -0.3 is 9.69 Å². The summed E-state index contributed by atoms with van der Waals surface area (Å²) in [6.45, 7) is 3.58. The van der Waals surface area contributed by atoms with Crippen molar-refractivity contribution in [2.45, 2.75) is 19.9 Å². The van der Waals surface area contributed by atoms with E-state index in [4.69, 9.17) is 11.6 Å². The van der Waals surface area contributed by atoms with Crippen molar-refractivity contribution in [3.05, 3.63) is 16.9 Å². The van der Waals surface area contributed by atoms with Gasteiger partial charge in [0.05, 0.1) is 23.5 Å². The van der Waals surface area contributed by atoms with E-state index < -0.39 is 0 Å². The lowest BCUT2D eigenvalue weighted by molar-refractivity contribution is -0.110. The van der Waals surface area contributed by atoms with Crippen LogP contribution in [-0.2, 0) is 17.8 Å². The quantitative estimate of drug-likeness (QED) is 0.711. The smallest absolute Gasteiger partial charge is 0.123 e. The van der Waals surface area contributed by atoms with Gasteiger partial charge in [0, 0.05) is 18.9 Å². The molecule has 0 fully saturated rings. The van der Waals surface area contributed by atoms with E-state index >= 15 is 0 Å². The van der Waals surface area contributed by atoms with Gasteiger partial charge in [0.25, 0.3) is 0 Å². The Bertz CT molecular complexity index is 349. The average molecular weight is 244 g/mol. The summed E-state index contributed by atoms with van der Waals surface area (Å²) in [5, 5.41) is 4.86. The second-order valence-corrected chi connectivity index (χ2v) is 4.69. The summed E-state index contributed by atoms with van der Waals surface area (Å²) in [6, 6.07) is 0. The summed E-state index contributed by atoms with van der Waals surface area (Å²) >= 11 is 6.05. The van der Waals surface area contributed by atoms with Gasteiger partial charge in [-0.3, -0.25) is 4.68 Å². The minimum Gasteiger partial charge on any atom is -0.308 e. The number of halogens is 1. The summed E-state index contributed by atoms with van der Waals surface area (Å²) < 4.78 is 1.88. The van der Waals surface area contributed by atoms with Crippen LogP contribution in [0.25, 0.3) is 0 Å². The first kappa shape index (κ1) is 13.2. The highest BCUT2D eigenvalue weighted by molar-refractivity contribution is 6.31. The Morgan fingerprint density at radius 1 is 1.62 bits per heavy atom. The van der Waals surface area contributed by atoms with Crippen molar-refractivity contribution in [2.75, 3.05) is 20.6 Å². The van der Waals surface area contributed by atoms with Crippen molar-refractivity contribution < 1.29 is 4.79 Å². The Morgan fingerprint density at radius 2 is 2.31 bits per heavy atom. The normalized spacial score (nSPS) is 13.1. The zero-order valence-corrected chi connectivity index (χ0v) is 10.7. The van der Waals surface area contributed by atoms with Crippen LogP contribution in [0.1, 0.15) is 12.6 Å². The molecule has 0 N–H and O–H groups in total. The molecule has 1 aromatic heterocycles. The molecule has 1 heterocycles. The summed E-state index contributed by atoms with van der Waals surface area (Å²) in [5.74, 6) is -0.0210. The average Bonchev–Trinajstić information content (AvgIpc) is 2.57. The number of carbonyl (C=O) groups is 1. The molecule has 0 spiro atoms. The van der Waals surface area contributed by atoms with E-state index in [1.54, 1.807) is 6.20 Å². The summed E-state index contributed by atoms with van der Waals surface area (Å²) in [5.41, 5.74) is 0.947. The molecule has 1 aromatic rings. The molecular weight excluding hydrogens is 226 g/mol. The fourth-order valence-electron chi connectivity index (χ4n) is 1.43. The van der Waals surface area contributed by atoms with Crippen LogP contribution in [0.2, 0.25) is 5.02 Å². The standard InChI is InChI=1S/C11H18ClN3O/c1-9(8-16)6-11-10(12)7-13-15(11)5-4-14(2)3/h7-9H,4-6H2,1-3H3. The molecule has 0 aliphatic rings. The van der Waals surface area contributed by atoms with E-state index in [1.165, 1.54) is 0 Å². The SMILES string of the molecule is CC(C=O)Cc1c(Cl)cnn1CCN(C)C. The minimum absolute atomic E-state index is 0.0210. The lowest BCUT2D eigenvalue weighted by Gasteiger charge is -2.12. The third-order valence-corrected chi connectivity index (χ3v) is 2.72. The number of carbonyl (C=O) groups excluding carboxylic acids is 1. The molecule has 0 bridgehead atoms. The number of aldehydes is 1. The number of nitrogens with zero attached hydrogens (tertiary/aromatic N) is 3. The molecule has 0 aliphatic carbocycles. The Balaban J connectivity index is 2.73.